The summed E-state index contributed by atoms with van der Waals surface area (Å²) in [5.74, 6) is 5.59. The minimum absolute atomic E-state index is 0. The van der Waals surface area contributed by atoms with E-state index in [9.17, 15) is 0 Å². The first-order valence-electron chi connectivity index (χ1n) is 17.0. The number of rotatable bonds is 3. The summed E-state index contributed by atoms with van der Waals surface area (Å²) in [6.07, 6.45) is 11.0. The Labute approximate surface area is 263 Å². The summed E-state index contributed by atoms with van der Waals surface area (Å²) in [5.41, 5.74) is 1.41. The zero-order valence-corrected chi connectivity index (χ0v) is 30.7. The quantitative estimate of drug-likeness (QED) is 0.354. The van der Waals surface area contributed by atoms with Gasteiger partial charge in [-0.1, -0.05) is 181 Å². The molecule has 0 unspecified atom stereocenters. The van der Waals surface area contributed by atoms with Crippen molar-refractivity contribution < 1.29 is 0 Å². The van der Waals surface area contributed by atoms with E-state index in [1.807, 2.05) is 79.7 Å². The van der Waals surface area contributed by atoms with Gasteiger partial charge in [0.15, 0.2) is 0 Å². The number of aromatic nitrogens is 1. The fourth-order valence-electron chi connectivity index (χ4n) is 3.02. The lowest BCUT2D eigenvalue weighted by Crippen LogP contribution is -2.16. The summed E-state index contributed by atoms with van der Waals surface area (Å²) < 4.78 is 0. The van der Waals surface area contributed by atoms with Crippen molar-refractivity contribution in [2.75, 3.05) is 0 Å². The van der Waals surface area contributed by atoms with E-state index >= 15 is 0 Å². The van der Waals surface area contributed by atoms with Crippen LogP contribution in [0.5, 0.6) is 0 Å². The summed E-state index contributed by atoms with van der Waals surface area (Å²) in [5, 5.41) is 0. The van der Waals surface area contributed by atoms with Crippen LogP contribution in [-0.4, -0.2) is 4.98 Å². The maximum atomic E-state index is 3.78. The average Bonchev–Trinajstić information content (AvgIpc) is 3.81. The summed E-state index contributed by atoms with van der Waals surface area (Å²) in [7, 11) is 0. The van der Waals surface area contributed by atoms with Gasteiger partial charge in [0.2, 0.25) is 0 Å². The van der Waals surface area contributed by atoms with Gasteiger partial charge in [0, 0.05) is 12.4 Å². The molecule has 0 saturated heterocycles. The van der Waals surface area contributed by atoms with Crippen LogP contribution in [0.15, 0.2) is 60.9 Å². The molecule has 1 aromatic heterocycles. The molecule has 0 amide bonds. The van der Waals surface area contributed by atoms with Crippen molar-refractivity contribution in [1.29, 1.82) is 0 Å². The van der Waals surface area contributed by atoms with Crippen LogP contribution in [0, 0.1) is 29.6 Å². The minimum atomic E-state index is 0. The molecule has 246 valence electrons. The number of benzene rings is 1. The molecular formula is C40H81N. The van der Waals surface area contributed by atoms with Gasteiger partial charge in [0.1, 0.15) is 0 Å². The first kappa shape index (κ1) is 52.1. The van der Waals surface area contributed by atoms with Crippen LogP contribution >= 0.6 is 0 Å². The molecule has 4 rings (SSSR count). The summed E-state index contributed by atoms with van der Waals surface area (Å²) in [6.45, 7) is 36.2. The normalized spacial score (nSPS) is 12.0. The van der Waals surface area contributed by atoms with Gasteiger partial charge in [-0.3, -0.25) is 4.98 Å². The maximum Gasteiger partial charge on any atom is 0.0267 e. The van der Waals surface area contributed by atoms with Gasteiger partial charge in [-0.25, -0.2) is 0 Å². The van der Waals surface area contributed by atoms with Crippen LogP contribution < -0.4 is 0 Å². The Morgan fingerprint density at radius 1 is 0.512 bits per heavy atom. The molecule has 2 aliphatic rings. The highest BCUT2D eigenvalue weighted by molar-refractivity contribution is 5.17. The van der Waals surface area contributed by atoms with Crippen molar-refractivity contribution in [2.24, 2.45) is 29.6 Å². The maximum absolute atomic E-state index is 3.78. The molecule has 1 heterocycles. The van der Waals surface area contributed by atoms with E-state index in [1.165, 1.54) is 37.7 Å². The van der Waals surface area contributed by atoms with E-state index in [4.69, 9.17) is 0 Å². The number of hydrogen-bond donors (Lipinski definition) is 0. The van der Waals surface area contributed by atoms with E-state index in [-0.39, 0.29) is 7.43 Å². The van der Waals surface area contributed by atoms with Gasteiger partial charge in [-0.05, 0) is 66.0 Å². The second-order valence-corrected chi connectivity index (χ2v) is 10.8. The van der Waals surface area contributed by atoms with Crippen molar-refractivity contribution in [3.05, 3.63) is 66.5 Å². The van der Waals surface area contributed by atoms with Gasteiger partial charge >= 0.3 is 0 Å². The third kappa shape index (κ3) is 45.6. The molecule has 0 atom stereocenters. The lowest BCUT2D eigenvalue weighted by atomic mass is 9.78. The van der Waals surface area contributed by atoms with E-state index in [2.05, 4.69) is 91.6 Å². The molecule has 0 spiro atoms. The molecule has 2 aromatic rings. The predicted octanol–water partition coefficient (Wildman–Crippen LogP) is 14.8. The third-order valence-corrected chi connectivity index (χ3v) is 5.69. The van der Waals surface area contributed by atoms with Crippen LogP contribution in [-0.2, 0) is 0 Å². The van der Waals surface area contributed by atoms with E-state index in [0.29, 0.717) is 5.92 Å². The van der Waals surface area contributed by atoms with Gasteiger partial charge < -0.3 is 0 Å². The van der Waals surface area contributed by atoms with Gasteiger partial charge in [-0.15, -0.1) is 0 Å². The SMILES string of the molecule is C.CC.CC.CC.CC.CC(C)C.CC(C)C1CC1.CC(C)C1CCC1.CC(C)c1ccccc1.c1ccncc1. The molecule has 0 N–H and O–H groups in total. The fourth-order valence-corrected chi connectivity index (χ4v) is 3.02. The van der Waals surface area contributed by atoms with Gasteiger partial charge in [0.25, 0.3) is 0 Å². The van der Waals surface area contributed by atoms with Crippen LogP contribution in [0.3, 0.4) is 0 Å². The van der Waals surface area contributed by atoms with Crippen LogP contribution in [0.2, 0.25) is 0 Å². The Hall–Kier alpha value is -1.63. The monoisotopic (exact) mass is 576 g/mol. The zero-order valence-electron chi connectivity index (χ0n) is 30.7. The van der Waals surface area contributed by atoms with Gasteiger partial charge in [0.05, 0.1) is 0 Å². The van der Waals surface area contributed by atoms with Crippen molar-refractivity contribution in [3.63, 3.8) is 0 Å². The molecule has 0 aliphatic heterocycles. The highest BCUT2D eigenvalue weighted by atomic mass is 14.6. The Kier molecular flexibility index (Phi) is 54.4. The largest absolute Gasteiger partial charge is 0.265 e. The average molecular weight is 576 g/mol. The molecule has 1 nitrogen and oxygen atoms in total. The van der Waals surface area contributed by atoms with Crippen LogP contribution in [0.4, 0.5) is 0 Å². The topological polar surface area (TPSA) is 12.9 Å². The molecule has 2 fully saturated rings. The van der Waals surface area contributed by atoms with E-state index in [0.717, 1.165) is 29.6 Å². The smallest absolute Gasteiger partial charge is 0.0267 e. The molecule has 0 bridgehead atoms. The lowest BCUT2D eigenvalue weighted by Gasteiger charge is -2.28. The molecule has 41 heavy (non-hydrogen) atoms. The zero-order chi connectivity index (χ0) is 32.4. The second kappa shape index (κ2) is 42.8. The second-order valence-electron chi connectivity index (χ2n) is 10.8. The number of pyridine rings is 1. The summed E-state index contributed by atoms with van der Waals surface area (Å²) in [4.78, 5) is 3.78. The standard InChI is InChI=1S/C9H12.C7H14.C6H12.C5H5N.C4H10.4C2H6.CH4/c1-8(2)9-6-4-3-5-7-9;1-6(2)7-4-3-5-7;1-5(2)6-3-4-6;1-2-4-6-5-3-1;1-4(2)3;4*1-2;/h3-8H,1-2H3;6-7H,3-5H2,1-2H3;5-6H,3-4H2,1-2H3;1-5H;4H,1-3H3;4*1-2H3;1H4. The summed E-state index contributed by atoms with van der Waals surface area (Å²) >= 11 is 0. The van der Waals surface area contributed by atoms with Crippen LogP contribution in [0.1, 0.15) is 169 Å². The predicted molar refractivity (Wildman–Crippen MR) is 197 cm³/mol. The molecule has 2 aliphatic carbocycles. The van der Waals surface area contributed by atoms with E-state index in [1.54, 1.807) is 12.4 Å². The first-order chi connectivity index (χ1) is 19.1. The van der Waals surface area contributed by atoms with Crippen molar-refractivity contribution in [2.45, 2.75) is 163 Å². The molecule has 2 saturated carbocycles. The molecule has 1 aromatic carbocycles. The number of nitrogens with zero attached hydrogens (tertiary/aromatic N) is 1. The molecule has 0 radical (unpaired) electrons. The lowest BCUT2D eigenvalue weighted by molar-refractivity contribution is 0.235. The Morgan fingerprint density at radius 3 is 0.927 bits per heavy atom. The molecule has 1 heteroatoms. The molecular weight excluding hydrogens is 494 g/mol. The fraction of sp³-hybridized carbons (Fsp3) is 0.725. The Bertz CT molecular complexity index is 578. The highest BCUT2D eigenvalue weighted by Gasteiger charge is 2.24. The Balaban J connectivity index is -0.0000000887. The van der Waals surface area contributed by atoms with Gasteiger partial charge in [-0.2, -0.15) is 0 Å². The Morgan fingerprint density at radius 2 is 0.829 bits per heavy atom. The third-order valence-electron chi connectivity index (χ3n) is 5.69. The van der Waals surface area contributed by atoms with Crippen molar-refractivity contribution >= 4 is 0 Å². The minimum Gasteiger partial charge on any atom is -0.265 e. The van der Waals surface area contributed by atoms with Crippen LogP contribution in [0.25, 0.3) is 0 Å². The summed E-state index contributed by atoms with van der Waals surface area (Å²) in [6, 6.07) is 16.2. The van der Waals surface area contributed by atoms with E-state index < -0.39 is 0 Å². The first-order valence-corrected chi connectivity index (χ1v) is 17.0. The number of hydrogen-bond acceptors (Lipinski definition) is 1. The highest BCUT2D eigenvalue weighted by Crippen LogP contribution is 2.35. The van der Waals surface area contributed by atoms with Crippen molar-refractivity contribution in [1.82, 2.24) is 4.98 Å². The van der Waals surface area contributed by atoms with Crippen molar-refractivity contribution in [3.8, 4) is 0 Å².